The van der Waals surface area contributed by atoms with Gasteiger partial charge in [-0.15, -0.1) is 6.42 Å². The van der Waals surface area contributed by atoms with Gasteiger partial charge in [-0.25, -0.2) is 11.6 Å². The molecule has 0 saturated carbocycles. The molecule has 0 spiro atoms. The van der Waals surface area contributed by atoms with Crippen molar-refractivity contribution >= 4 is 0 Å². The summed E-state index contributed by atoms with van der Waals surface area (Å²) in [7, 11) is 0. The van der Waals surface area contributed by atoms with Crippen molar-refractivity contribution in [2.45, 2.75) is 92.5 Å². The minimum atomic E-state index is -0.167. The van der Waals surface area contributed by atoms with Gasteiger partial charge in [-0.2, -0.15) is 6.08 Å². The Morgan fingerprint density at radius 1 is 0.955 bits per heavy atom. The summed E-state index contributed by atoms with van der Waals surface area (Å²) in [5.41, 5.74) is 1.41. The molecule has 0 saturated heterocycles. The van der Waals surface area contributed by atoms with Crippen LogP contribution in [-0.4, -0.2) is 33.6 Å². The van der Waals surface area contributed by atoms with Crippen LogP contribution in [0.2, 0.25) is 0 Å². The quantitative estimate of drug-likeness (QED) is 0.423. The third-order valence-electron chi connectivity index (χ3n) is 1.57. The topological polar surface area (TPSA) is 60.7 Å². The maximum absolute atomic E-state index is 8.06. The standard InChI is InChI=1S/C9H13.3C3H8O.Hf/c1-2-3-6-9-7-4-5-8-9;3*1-3(2)4;/h4,7H,2-3,5-6H2,1H3;3*3-4H,1-2H3;/q-1;;;;. The first-order chi connectivity index (χ1) is 9.63. The van der Waals surface area contributed by atoms with Crippen molar-refractivity contribution in [2.24, 2.45) is 0 Å². The third kappa shape index (κ3) is 59.3. The zero-order valence-electron chi connectivity index (χ0n) is 15.6. The van der Waals surface area contributed by atoms with Crippen LogP contribution in [0.25, 0.3) is 0 Å². The van der Waals surface area contributed by atoms with Crippen LogP contribution in [0.15, 0.2) is 17.7 Å². The van der Waals surface area contributed by atoms with Gasteiger partial charge in [-0.3, -0.25) is 6.08 Å². The molecule has 3 nitrogen and oxygen atoms in total. The van der Waals surface area contributed by atoms with Gasteiger partial charge in [-0.05, 0) is 41.5 Å². The van der Waals surface area contributed by atoms with Gasteiger partial charge in [0.2, 0.25) is 0 Å². The molecule has 0 heterocycles. The second-order valence-corrected chi connectivity index (χ2v) is 5.69. The molecule has 1 rings (SSSR count). The number of allylic oxidation sites excluding steroid dienone is 4. The van der Waals surface area contributed by atoms with E-state index in [-0.39, 0.29) is 44.2 Å². The van der Waals surface area contributed by atoms with Crippen molar-refractivity contribution in [2.75, 3.05) is 0 Å². The predicted octanol–water partition coefficient (Wildman–Crippen LogP) is 4.02. The van der Waals surface area contributed by atoms with Gasteiger partial charge in [-0.1, -0.05) is 26.2 Å². The molecule has 0 aromatic heterocycles. The second kappa shape index (κ2) is 23.5. The van der Waals surface area contributed by atoms with E-state index in [1.807, 2.05) is 0 Å². The summed E-state index contributed by atoms with van der Waals surface area (Å²) in [5, 5.41) is 24.2. The van der Waals surface area contributed by atoms with E-state index >= 15 is 0 Å². The van der Waals surface area contributed by atoms with Gasteiger partial charge in [0, 0.05) is 44.2 Å². The number of rotatable bonds is 3. The Balaban J connectivity index is -0.000000107. The summed E-state index contributed by atoms with van der Waals surface area (Å²) in [6.07, 6.45) is 12.0. The Kier molecular flexibility index (Phi) is 32.2. The van der Waals surface area contributed by atoms with E-state index in [2.05, 4.69) is 25.2 Å². The molecule has 1 aliphatic rings. The summed E-state index contributed by atoms with van der Waals surface area (Å²) in [4.78, 5) is 0. The molecule has 0 aromatic rings. The summed E-state index contributed by atoms with van der Waals surface area (Å²) in [6, 6.07) is 0. The molecule has 3 N–H and O–H groups in total. The Bertz CT molecular complexity index is 224. The molecule has 0 aromatic carbocycles. The molecule has 1 aliphatic carbocycles. The molecule has 4 heteroatoms. The van der Waals surface area contributed by atoms with E-state index in [1.54, 1.807) is 41.5 Å². The first-order valence-electron chi connectivity index (χ1n) is 7.93. The Hall–Kier alpha value is 0.230. The van der Waals surface area contributed by atoms with Gasteiger partial charge in [0.15, 0.2) is 0 Å². The molecular formula is C18H37HfO3-. The monoisotopic (exact) mass is 481 g/mol. The van der Waals surface area contributed by atoms with E-state index in [4.69, 9.17) is 15.3 Å². The summed E-state index contributed by atoms with van der Waals surface area (Å²) < 4.78 is 0. The smallest absolute Gasteiger partial charge is 0.0483 e. The molecule has 0 bridgehead atoms. The molecule has 132 valence electrons. The molecule has 22 heavy (non-hydrogen) atoms. The Labute approximate surface area is 157 Å². The minimum Gasteiger partial charge on any atom is -0.394 e. The normalized spacial score (nSPS) is 11.6. The molecule has 0 radical (unpaired) electrons. The van der Waals surface area contributed by atoms with E-state index in [0.717, 1.165) is 6.42 Å². The van der Waals surface area contributed by atoms with Crippen LogP contribution >= 0.6 is 0 Å². The van der Waals surface area contributed by atoms with Crippen molar-refractivity contribution < 1.29 is 41.2 Å². The van der Waals surface area contributed by atoms with Gasteiger partial charge in [0.05, 0.1) is 0 Å². The molecule has 0 aliphatic heterocycles. The third-order valence-corrected chi connectivity index (χ3v) is 1.57. The maximum Gasteiger partial charge on any atom is 0.0483 e. The SMILES string of the molecule is CC(C)O.CC(C)O.CC(C)O.CCCCC1=[C-]CC=C1.[Hf]. The number of hydrogen-bond donors (Lipinski definition) is 3. The first-order valence-corrected chi connectivity index (χ1v) is 7.93. The van der Waals surface area contributed by atoms with E-state index in [1.165, 1.54) is 24.8 Å². The van der Waals surface area contributed by atoms with Crippen LogP contribution in [0, 0.1) is 6.08 Å². The summed E-state index contributed by atoms with van der Waals surface area (Å²) >= 11 is 0. The first kappa shape index (κ1) is 30.1. The van der Waals surface area contributed by atoms with Crippen molar-refractivity contribution in [1.29, 1.82) is 0 Å². The van der Waals surface area contributed by atoms with Crippen LogP contribution in [0.4, 0.5) is 0 Å². The van der Waals surface area contributed by atoms with E-state index in [0.29, 0.717) is 0 Å². The van der Waals surface area contributed by atoms with Crippen LogP contribution in [-0.2, 0) is 25.8 Å². The largest absolute Gasteiger partial charge is 0.394 e. The fourth-order valence-electron chi connectivity index (χ4n) is 0.989. The summed E-state index contributed by atoms with van der Waals surface area (Å²) in [5.74, 6) is 0. The average molecular weight is 480 g/mol. The predicted molar refractivity (Wildman–Crippen MR) is 92.1 cm³/mol. The van der Waals surface area contributed by atoms with Crippen molar-refractivity contribution in [3.8, 4) is 0 Å². The van der Waals surface area contributed by atoms with Crippen LogP contribution in [0.3, 0.4) is 0 Å². The van der Waals surface area contributed by atoms with Crippen molar-refractivity contribution in [3.63, 3.8) is 0 Å². The zero-order chi connectivity index (χ0) is 17.3. The molecule has 0 amide bonds. The van der Waals surface area contributed by atoms with Crippen LogP contribution in [0.5, 0.6) is 0 Å². The average Bonchev–Trinajstić information content (AvgIpc) is 2.76. The van der Waals surface area contributed by atoms with E-state index < -0.39 is 0 Å². The molecule has 0 atom stereocenters. The fourth-order valence-corrected chi connectivity index (χ4v) is 0.989. The number of hydrogen-bond acceptors (Lipinski definition) is 3. The van der Waals surface area contributed by atoms with Crippen LogP contribution in [0.1, 0.15) is 74.1 Å². The van der Waals surface area contributed by atoms with Gasteiger partial charge in [0.1, 0.15) is 0 Å². The number of unbranched alkanes of at least 4 members (excludes halogenated alkanes) is 1. The minimum absolute atomic E-state index is 0. The van der Waals surface area contributed by atoms with Gasteiger partial charge in [0.25, 0.3) is 0 Å². The van der Waals surface area contributed by atoms with Gasteiger partial charge >= 0.3 is 0 Å². The van der Waals surface area contributed by atoms with Gasteiger partial charge < -0.3 is 15.3 Å². The molecule has 0 unspecified atom stereocenters. The van der Waals surface area contributed by atoms with Crippen molar-refractivity contribution in [1.82, 2.24) is 0 Å². The maximum atomic E-state index is 8.06. The summed E-state index contributed by atoms with van der Waals surface area (Å²) in [6.45, 7) is 12.6. The molecular weight excluding hydrogens is 443 g/mol. The zero-order valence-corrected chi connectivity index (χ0v) is 19.1. The van der Waals surface area contributed by atoms with E-state index in [9.17, 15) is 0 Å². The van der Waals surface area contributed by atoms with Crippen LogP contribution < -0.4 is 0 Å². The fraction of sp³-hybridized carbons (Fsp3) is 0.778. The number of aliphatic hydroxyl groups excluding tert-OH is 3. The number of aliphatic hydroxyl groups is 3. The molecule has 0 fully saturated rings. The second-order valence-electron chi connectivity index (χ2n) is 5.69. The van der Waals surface area contributed by atoms with Crippen molar-refractivity contribution in [3.05, 3.63) is 23.8 Å². The Morgan fingerprint density at radius 3 is 1.55 bits per heavy atom. The Morgan fingerprint density at radius 2 is 1.32 bits per heavy atom.